The summed E-state index contributed by atoms with van der Waals surface area (Å²) in [6, 6.07) is 2.61. The van der Waals surface area contributed by atoms with E-state index < -0.39 is 5.97 Å². The maximum atomic E-state index is 10.7. The number of carbonyl (C=O) groups is 1. The first-order valence-electron chi connectivity index (χ1n) is 4.30. The molecule has 80 valence electrons. The summed E-state index contributed by atoms with van der Waals surface area (Å²) < 4.78 is 10.3. The second kappa shape index (κ2) is 4.04. The SMILES string of the molecule is O=C(O)c1cc(Cl)nc(OC2COC2)c1. The lowest BCUT2D eigenvalue weighted by Gasteiger charge is -2.26. The lowest BCUT2D eigenvalue weighted by molar-refractivity contribution is -0.0813. The minimum atomic E-state index is -1.06. The number of halogens is 1. The minimum absolute atomic E-state index is 0.0578. The van der Waals surface area contributed by atoms with E-state index in [4.69, 9.17) is 26.2 Å². The van der Waals surface area contributed by atoms with E-state index in [-0.39, 0.29) is 22.7 Å². The second-order valence-corrected chi connectivity index (χ2v) is 3.49. The van der Waals surface area contributed by atoms with Gasteiger partial charge in [0.05, 0.1) is 18.8 Å². The Morgan fingerprint density at radius 3 is 2.87 bits per heavy atom. The van der Waals surface area contributed by atoms with Gasteiger partial charge in [0.2, 0.25) is 5.88 Å². The molecule has 1 fully saturated rings. The van der Waals surface area contributed by atoms with Gasteiger partial charge >= 0.3 is 5.97 Å². The van der Waals surface area contributed by atoms with E-state index >= 15 is 0 Å². The number of carboxylic acid groups (broad SMARTS) is 1. The Morgan fingerprint density at radius 1 is 1.60 bits per heavy atom. The van der Waals surface area contributed by atoms with E-state index in [1.54, 1.807) is 0 Å². The van der Waals surface area contributed by atoms with Gasteiger partial charge in [-0.2, -0.15) is 0 Å². The third-order valence-electron chi connectivity index (χ3n) is 1.91. The Bertz CT molecular complexity index is 392. The van der Waals surface area contributed by atoms with Crippen LogP contribution in [0, 0.1) is 0 Å². The van der Waals surface area contributed by atoms with Crippen molar-refractivity contribution in [2.45, 2.75) is 6.10 Å². The van der Waals surface area contributed by atoms with Crippen LogP contribution in [0.5, 0.6) is 5.88 Å². The van der Waals surface area contributed by atoms with Crippen molar-refractivity contribution < 1.29 is 19.4 Å². The number of nitrogens with zero attached hydrogens (tertiary/aromatic N) is 1. The van der Waals surface area contributed by atoms with Crippen LogP contribution in [0.15, 0.2) is 12.1 Å². The lowest BCUT2D eigenvalue weighted by atomic mass is 10.2. The molecule has 0 bridgehead atoms. The molecule has 6 heteroatoms. The zero-order chi connectivity index (χ0) is 10.8. The minimum Gasteiger partial charge on any atom is -0.478 e. The highest BCUT2D eigenvalue weighted by molar-refractivity contribution is 6.29. The van der Waals surface area contributed by atoms with Gasteiger partial charge in [-0.15, -0.1) is 0 Å². The normalized spacial score (nSPS) is 15.8. The van der Waals surface area contributed by atoms with Gasteiger partial charge < -0.3 is 14.6 Å². The molecule has 2 rings (SSSR count). The Kier molecular flexibility index (Phi) is 2.75. The maximum absolute atomic E-state index is 10.7. The summed E-state index contributed by atoms with van der Waals surface area (Å²) in [5.74, 6) is -0.845. The van der Waals surface area contributed by atoms with E-state index in [1.807, 2.05) is 0 Å². The van der Waals surface area contributed by atoms with E-state index in [0.717, 1.165) is 0 Å². The van der Waals surface area contributed by atoms with E-state index in [9.17, 15) is 4.79 Å². The smallest absolute Gasteiger partial charge is 0.335 e. The Morgan fingerprint density at radius 2 is 2.33 bits per heavy atom. The quantitative estimate of drug-likeness (QED) is 0.789. The number of rotatable bonds is 3. The topological polar surface area (TPSA) is 68.7 Å². The molecule has 0 aromatic carbocycles. The van der Waals surface area contributed by atoms with Gasteiger partial charge in [0.15, 0.2) is 0 Å². The summed E-state index contributed by atoms with van der Waals surface area (Å²) in [7, 11) is 0. The fourth-order valence-corrected chi connectivity index (χ4v) is 1.31. The van der Waals surface area contributed by atoms with Crippen molar-refractivity contribution in [3.05, 3.63) is 22.8 Å². The largest absolute Gasteiger partial charge is 0.478 e. The van der Waals surface area contributed by atoms with Crippen LogP contribution < -0.4 is 4.74 Å². The molecule has 0 amide bonds. The van der Waals surface area contributed by atoms with Crippen molar-refractivity contribution in [2.24, 2.45) is 0 Å². The molecule has 0 saturated carbocycles. The number of ether oxygens (including phenoxy) is 2. The van der Waals surface area contributed by atoms with Crippen molar-refractivity contribution in [3.8, 4) is 5.88 Å². The van der Waals surface area contributed by atoms with E-state index in [0.29, 0.717) is 13.2 Å². The monoisotopic (exact) mass is 229 g/mol. The van der Waals surface area contributed by atoms with Crippen LogP contribution in [-0.4, -0.2) is 35.4 Å². The fourth-order valence-electron chi connectivity index (χ4n) is 1.11. The molecule has 0 radical (unpaired) electrons. The number of aromatic nitrogens is 1. The predicted octanol–water partition coefficient (Wildman–Crippen LogP) is 1.21. The van der Waals surface area contributed by atoms with Gasteiger partial charge in [-0.3, -0.25) is 0 Å². The molecule has 15 heavy (non-hydrogen) atoms. The number of hydrogen-bond acceptors (Lipinski definition) is 4. The van der Waals surface area contributed by atoms with Crippen molar-refractivity contribution in [1.82, 2.24) is 4.98 Å². The van der Waals surface area contributed by atoms with Crippen LogP contribution in [0.1, 0.15) is 10.4 Å². The van der Waals surface area contributed by atoms with Crippen LogP contribution in [-0.2, 0) is 4.74 Å². The first-order valence-corrected chi connectivity index (χ1v) is 4.68. The standard InChI is InChI=1S/C9H8ClNO4/c10-7-1-5(9(12)13)2-8(11-7)15-6-3-14-4-6/h1-2,6H,3-4H2,(H,12,13). The summed E-state index contributed by atoms with van der Waals surface area (Å²) in [5, 5.41) is 8.87. The van der Waals surface area contributed by atoms with Gasteiger partial charge in [-0.25, -0.2) is 9.78 Å². The highest BCUT2D eigenvalue weighted by Crippen LogP contribution is 2.19. The Labute approximate surface area is 90.6 Å². The van der Waals surface area contributed by atoms with E-state index in [1.165, 1.54) is 12.1 Å². The first-order chi connectivity index (χ1) is 7.15. The van der Waals surface area contributed by atoms with E-state index in [2.05, 4.69) is 4.98 Å². The number of hydrogen-bond donors (Lipinski definition) is 1. The van der Waals surface area contributed by atoms with Crippen LogP contribution >= 0.6 is 11.6 Å². The summed E-state index contributed by atoms with van der Waals surface area (Å²) in [6.07, 6.45) is -0.0578. The number of pyridine rings is 1. The predicted molar refractivity (Wildman–Crippen MR) is 51.4 cm³/mol. The average Bonchev–Trinajstić information content (AvgIpc) is 2.10. The van der Waals surface area contributed by atoms with Crippen molar-refractivity contribution in [1.29, 1.82) is 0 Å². The molecular weight excluding hydrogens is 222 g/mol. The molecule has 0 atom stereocenters. The van der Waals surface area contributed by atoms with Crippen LogP contribution in [0.25, 0.3) is 0 Å². The molecule has 2 heterocycles. The zero-order valence-corrected chi connectivity index (χ0v) is 8.40. The maximum Gasteiger partial charge on any atom is 0.335 e. The van der Waals surface area contributed by atoms with Crippen LogP contribution in [0.2, 0.25) is 5.15 Å². The fraction of sp³-hybridized carbons (Fsp3) is 0.333. The molecule has 0 spiro atoms. The van der Waals surface area contributed by atoms with Crippen LogP contribution in [0.3, 0.4) is 0 Å². The lowest BCUT2D eigenvalue weighted by Crippen LogP contribution is -2.38. The van der Waals surface area contributed by atoms with Gasteiger partial charge in [0, 0.05) is 6.07 Å². The number of aromatic carboxylic acids is 1. The third-order valence-corrected chi connectivity index (χ3v) is 2.11. The summed E-state index contributed by atoms with van der Waals surface area (Å²) in [5.41, 5.74) is 0.0604. The van der Waals surface area contributed by atoms with Gasteiger partial charge in [0.1, 0.15) is 11.3 Å². The summed E-state index contributed by atoms with van der Waals surface area (Å²) in [4.78, 5) is 14.6. The molecule has 1 aromatic heterocycles. The van der Waals surface area contributed by atoms with Crippen LogP contribution in [0.4, 0.5) is 0 Å². The average molecular weight is 230 g/mol. The molecule has 1 N–H and O–H groups in total. The molecule has 0 aliphatic carbocycles. The summed E-state index contributed by atoms with van der Waals surface area (Å²) >= 11 is 5.65. The van der Waals surface area contributed by atoms with Gasteiger partial charge in [-0.1, -0.05) is 11.6 Å². The molecular formula is C9H8ClNO4. The summed E-state index contributed by atoms with van der Waals surface area (Å²) in [6.45, 7) is 0.993. The zero-order valence-electron chi connectivity index (χ0n) is 7.64. The van der Waals surface area contributed by atoms with Gasteiger partial charge in [-0.05, 0) is 6.07 Å². The van der Waals surface area contributed by atoms with Crippen molar-refractivity contribution in [3.63, 3.8) is 0 Å². The third kappa shape index (κ3) is 2.37. The first kappa shape index (κ1) is 10.2. The number of carboxylic acids is 1. The molecule has 1 aliphatic heterocycles. The molecule has 0 unspecified atom stereocenters. The Balaban J connectivity index is 2.18. The molecule has 1 aliphatic rings. The molecule has 1 aromatic rings. The van der Waals surface area contributed by atoms with Crippen molar-refractivity contribution in [2.75, 3.05) is 13.2 Å². The Hall–Kier alpha value is -1.33. The highest BCUT2D eigenvalue weighted by Gasteiger charge is 2.21. The second-order valence-electron chi connectivity index (χ2n) is 3.10. The molecule has 5 nitrogen and oxygen atoms in total. The van der Waals surface area contributed by atoms with Crippen molar-refractivity contribution >= 4 is 17.6 Å². The highest BCUT2D eigenvalue weighted by atomic mass is 35.5. The molecule has 1 saturated heterocycles. The van der Waals surface area contributed by atoms with Gasteiger partial charge in [0.25, 0.3) is 0 Å².